The molecule has 0 saturated heterocycles. The van der Waals surface area contributed by atoms with Crippen molar-refractivity contribution in [1.29, 1.82) is 0 Å². The number of hydrogen-bond acceptors (Lipinski definition) is 3. The lowest BCUT2D eigenvalue weighted by Crippen LogP contribution is -1.83. The Morgan fingerprint density at radius 1 is 0.731 bits per heavy atom. The number of aromatic nitrogens is 5. The molecule has 2 heterocycles. The van der Waals surface area contributed by atoms with Crippen LogP contribution in [0.3, 0.4) is 0 Å². The first-order valence-electron chi connectivity index (χ1n) is 8.92. The number of rotatable bonds is 0. The molecule has 3 rings (SSSR count). The van der Waals surface area contributed by atoms with Crippen LogP contribution in [0.1, 0.15) is 54.5 Å². The molecule has 0 radical (unpaired) electrons. The second-order valence-electron chi connectivity index (χ2n) is 3.90. The average Bonchev–Trinajstić information content (AvgIpc) is 3.35. The van der Waals surface area contributed by atoms with E-state index >= 15 is 0 Å². The molecule has 26 heavy (non-hydrogen) atoms. The molecule has 0 amide bonds. The highest BCUT2D eigenvalue weighted by molar-refractivity contribution is 5.11. The van der Waals surface area contributed by atoms with Gasteiger partial charge in [-0.2, -0.15) is 10.2 Å². The van der Waals surface area contributed by atoms with Crippen molar-refractivity contribution in [2.45, 2.75) is 55.9 Å². The van der Waals surface area contributed by atoms with Gasteiger partial charge >= 0.3 is 0 Å². The molecule has 0 aliphatic heterocycles. The van der Waals surface area contributed by atoms with Gasteiger partial charge in [0.15, 0.2) is 0 Å². The molecule has 150 valence electrons. The molecular formula is C21H41N5. The highest BCUT2D eigenvalue weighted by Gasteiger charge is 1.72. The summed E-state index contributed by atoms with van der Waals surface area (Å²) in [6, 6.07) is 12.2. The summed E-state index contributed by atoms with van der Waals surface area (Å²) in [6.45, 7) is 14.1. The van der Waals surface area contributed by atoms with Gasteiger partial charge in [0.2, 0.25) is 0 Å². The maximum atomic E-state index is 3.83. The maximum Gasteiger partial charge on any atom is 0.137 e. The molecule has 0 spiro atoms. The van der Waals surface area contributed by atoms with Crippen LogP contribution in [0.2, 0.25) is 0 Å². The zero-order chi connectivity index (χ0) is 19.9. The number of aryl methyl sites for hydroxylation is 3. The quantitative estimate of drug-likeness (QED) is 0.496. The Bertz CT molecular complexity index is 485. The lowest BCUT2D eigenvalue weighted by molar-refractivity contribution is 0.765. The predicted octanol–water partition coefficient (Wildman–Crippen LogP) is 5.94. The van der Waals surface area contributed by atoms with Gasteiger partial charge in [-0.1, -0.05) is 84.9 Å². The summed E-state index contributed by atoms with van der Waals surface area (Å²) < 4.78 is 3.39. The van der Waals surface area contributed by atoms with Crippen LogP contribution in [0.4, 0.5) is 0 Å². The topological polar surface area (TPSA) is 48.5 Å². The molecule has 1 aromatic carbocycles. The Morgan fingerprint density at radius 3 is 1.42 bits per heavy atom. The zero-order valence-electron chi connectivity index (χ0n) is 17.5. The molecule has 0 bridgehead atoms. The third kappa shape index (κ3) is 23.8. The van der Waals surface area contributed by atoms with Crippen molar-refractivity contribution in [3.8, 4) is 0 Å². The van der Waals surface area contributed by atoms with Crippen LogP contribution in [-0.4, -0.2) is 24.5 Å². The van der Waals surface area contributed by atoms with E-state index in [9.17, 15) is 0 Å². The molecule has 0 atom stereocenters. The summed E-state index contributed by atoms with van der Waals surface area (Å²) in [5.74, 6) is 0. The molecule has 0 N–H and O–H groups in total. The minimum atomic E-state index is 0. The molecule has 5 nitrogen and oxygen atoms in total. The predicted molar refractivity (Wildman–Crippen MR) is 116 cm³/mol. The van der Waals surface area contributed by atoms with Crippen LogP contribution >= 0.6 is 0 Å². The van der Waals surface area contributed by atoms with Crippen LogP contribution < -0.4 is 0 Å². The van der Waals surface area contributed by atoms with Crippen molar-refractivity contribution in [3.05, 3.63) is 67.0 Å². The van der Waals surface area contributed by atoms with Gasteiger partial charge in [0.05, 0.1) is 0 Å². The fraction of sp³-hybridized carbons (Fsp3) is 0.476. The van der Waals surface area contributed by atoms with Crippen molar-refractivity contribution in [3.63, 3.8) is 0 Å². The van der Waals surface area contributed by atoms with E-state index in [1.165, 1.54) is 11.9 Å². The lowest BCUT2D eigenvalue weighted by atomic mass is 10.2. The van der Waals surface area contributed by atoms with E-state index in [2.05, 4.69) is 34.2 Å². The molecule has 0 saturated carbocycles. The van der Waals surface area contributed by atoms with Gasteiger partial charge in [0, 0.05) is 26.5 Å². The van der Waals surface area contributed by atoms with Crippen LogP contribution in [-0.2, 0) is 14.1 Å². The molecule has 0 aliphatic rings. The van der Waals surface area contributed by atoms with Gasteiger partial charge in [-0.05, 0) is 13.0 Å². The Hall–Kier alpha value is -2.43. The molecule has 5 heteroatoms. The molecule has 0 fully saturated rings. The third-order valence-electron chi connectivity index (χ3n) is 2.11. The Kier molecular flexibility index (Phi) is 33.1. The zero-order valence-corrected chi connectivity index (χ0v) is 17.5. The largest absolute Gasteiger partial charge is 0.276 e. The van der Waals surface area contributed by atoms with Crippen LogP contribution in [0.25, 0.3) is 0 Å². The second kappa shape index (κ2) is 27.4. The van der Waals surface area contributed by atoms with Crippen molar-refractivity contribution >= 4 is 0 Å². The van der Waals surface area contributed by atoms with E-state index in [-0.39, 0.29) is 7.43 Å². The van der Waals surface area contributed by atoms with Gasteiger partial charge in [0.1, 0.15) is 12.7 Å². The van der Waals surface area contributed by atoms with Crippen molar-refractivity contribution in [1.82, 2.24) is 24.5 Å². The summed E-state index contributed by atoms with van der Waals surface area (Å²) in [5.41, 5.74) is 1.32. The van der Waals surface area contributed by atoms with E-state index in [1.807, 2.05) is 86.1 Å². The van der Waals surface area contributed by atoms with Crippen molar-refractivity contribution < 1.29 is 0 Å². The smallest absolute Gasteiger partial charge is 0.137 e. The Morgan fingerprint density at radius 2 is 1.27 bits per heavy atom. The van der Waals surface area contributed by atoms with E-state index in [4.69, 9.17) is 0 Å². The Balaban J connectivity index is -0.000000120. The Labute approximate surface area is 162 Å². The molecule has 2 aromatic heterocycles. The molecular weight excluding hydrogens is 322 g/mol. The summed E-state index contributed by atoms with van der Waals surface area (Å²) in [5, 5.41) is 7.56. The first-order chi connectivity index (χ1) is 12.2. The van der Waals surface area contributed by atoms with Gasteiger partial charge in [-0.15, -0.1) is 0 Å². The first kappa shape index (κ1) is 31.4. The summed E-state index contributed by atoms with van der Waals surface area (Å²) in [4.78, 5) is 3.67. The van der Waals surface area contributed by atoms with E-state index in [0.717, 1.165) is 0 Å². The maximum absolute atomic E-state index is 3.83. The molecule has 0 unspecified atom stereocenters. The SMILES string of the molecule is C.CC.CC.CC.Cc1ccccc1.Cn1cccn1.Cn1cncn1. The molecule has 3 aromatic rings. The fourth-order valence-electron chi connectivity index (χ4n) is 1.15. The summed E-state index contributed by atoms with van der Waals surface area (Å²) in [7, 11) is 3.72. The van der Waals surface area contributed by atoms with Crippen LogP contribution in [0.5, 0.6) is 0 Å². The van der Waals surface area contributed by atoms with E-state index in [0.29, 0.717) is 0 Å². The summed E-state index contributed by atoms with van der Waals surface area (Å²) in [6.07, 6.45) is 6.78. The molecule has 0 aliphatic carbocycles. The highest BCUT2D eigenvalue weighted by atomic mass is 15.3. The normalized spacial score (nSPS) is 7.12. The number of hydrogen-bond donors (Lipinski definition) is 0. The van der Waals surface area contributed by atoms with Gasteiger partial charge in [0.25, 0.3) is 0 Å². The minimum absolute atomic E-state index is 0. The van der Waals surface area contributed by atoms with Gasteiger partial charge < -0.3 is 0 Å². The standard InChI is InChI=1S/C7H8.C4H6N2.C3H5N3.3C2H6.CH4/c1-7-5-3-2-4-6-7;1-6-4-2-3-5-6;1-6-3-4-2-5-6;3*1-2;/h2-6H,1H3;2-4H,1H3;2-3H,1H3;3*1-2H3;1H4. The third-order valence-corrected chi connectivity index (χ3v) is 2.11. The highest BCUT2D eigenvalue weighted by Crippen LogP contribution is 1.92. The summed E-state index contributed by atoms with van der Waals surface area (Å²) >= 11 is 0. The van der Waals surface area contributed by atoms with Crippen molar-refractivity contribution in [2.75, 3.05) is 0 Å². The van der Waals surface area contributed by atoms with E-state index < -0.39 is 0 Å². The average molecular weight is 364 g/mol. The first-order valence-corrected chi connectivity index (χ1v) is 8.92. The van der Waals surface area contributed by atoms with Crippen molar-refractivity contribution in [2.24, 2.45) is 14.1 Å². The van der Waals surface area contributed by atoms with E-state index in [1.54, 1.807) is 21.9 Å². The second-order valence-corrected chi connectivity index (χ2v) is 3.90. The van der Waals surface area contributed by atoms with Crippen LogP contribution in [0.15, 0.2) is 61.4 Å². The van der Waals surface area contributed by atoms with Gasteiger partial charge in [-0.25, -0.2) is 4.98 Å². The number of benzene rings is 1. The van der Waals surface area contributed by atoms with Crippen LogP contribution in [0, 0.1) is 6.92 Å². The lowest BCUT2D eigenvalue weighted by Gasteiger charge is -1.82. The number of nitrogens with zero attached hydrogens (tertiary/aromatic N) is 5. The monoisotopic (exact) mass is 363 g/mol. The minimum Gasteiger partial charge on any atom is -0.276 e. The fourth-order valence-corrected chi connectivity index (χ4v) is 1.15. The van der Waals surface area contributed by atoms with Gasteiger partial charge in [-0.3, -0.25) is 9.36 Å².